The lowest BCUT2D eigenvalue weighted by molar-refractivity contribution is -0.844. The molecule has 14 heavy (non-hydrogen) atoms. The molecule has 0 aliphatic heterocycles. The van der Waals surface area contributed by atoms with E-state index in [2.05, 4.69) is 0 Å². The van der Waals surface area contributed by atoms with Crippen LogP contribution < -0.4 is 0 Å². The number of nitro groups is 3. The van der Waals surface area contributed by atoms with E-state index >= 15 is 0 Å². The molecule has 0 radical (unpaired) electrons. The molecular weight excluding hydrogens is 198 g/mol. The molecule has 0 rings (SSSR count). The van der Waals surface area contributed by atoms with Crippen molar-refractivity contribution < 1.29 is 14.8 Å². The van der Waals surface area contributed by atoms with Crippen molar-refractivity contribution in [1.82, 2.24) is 0 Å². The highest BCUT2D eigenvalue weighted by Gasteiger charge is 2.72. The van der Waals surface area contributed by atoms with Gasteiger partial charge in [0, 0.05) is 18.8 Å². The molecular formula is C5H9N3O6. The van der Waals surface area contributed by atoms with E-state index in [1.54, 1.807) is 0 Å². The van der Waals surface area contributed by atoms with Crippen LogP contribution in [0.1, 0.15) is 20.8 Å². The molecule has 0 fully saturated rings. The van der Waals surface area contributed by atoms with Gasteiger partial charge in [0.05, 0.1) is 6.92 Å². The van der Waals surface area contributed by atoms with Gasteiger partial charge in [-0.1, -0.05) is 0 Å². The molecule has 0 N–H and O–H groups in total. The zero-order chi connectivity index (χ0) is 11.7. The van der Waals surface area contributed by atoms with Gasteiger partial charge in [-0.25, -0.2) is 0 Å². The maximum atomic E-state index is 10.5. The fraction of sp³-hybridized carbons (Fsp3) is 1.00. The summed E-state index contributed by atoms with van der Waals surface area (Å²) in [5.74, 6) is 0. The minimum Gasteiger partial charge on any atom is -0.263 e. The summed E-state index contributed by atoms with van der Waals surface area (Å²) in [7, 11) is 0. The summed E-state index contributed by atoms with van der Waals surface area (Å²) >= 11 is 0. The SMILES string of the molecule is CC(C)([N+](=O)[O-])C(C)([N+](=O)[O-])[N+](=O)[O-]. The van der Waals surface area contributed by atoms with Crippen molar-refractivity contribution in [1.29, 1.82) is 0 Å². The first kappa shape index (κ1) is 12.2. The Morgan fingerprint density at radius 2 is 1.07 bits per heavy atom. The predicted molar refractivity (Wildman–Crippen MR) is 43.5 cm³/mol. The van der Waals surface area contributed by atoms with E-state index in [1.165, 1.54) is 0 Å². The standard InChI is InChI=1S/C5H9N3O6/c1-4(2,6(9)10)5(3,7(11)12)8(13)14/h1-3H3. The van der Waals surface area contributed by atoms with Crippen molar-refractivity contribution in [2.75, 3.05) is 0 Å². The molecule has 0 heterocycles. The molecule has 0 aromatic heterocycles. The van der Waals surface area contributed by atoms with Gasteiger partial charge in [0.1, 0.15) is 9.85 Å². The van der Waals surface area contributed by atoms with Gasteiger partial charge < -0.3 is 0 Å². The second kappa shape index (κ2) is 3.16. The van der Waals surface area contributed by atoms with Gasteiger partial charge in [-0.05, 0) is 0 Å². The minimum atomic E-state index is -2.84. The molecule has 0 amide bonds. The third-order valence-corrected chi connectivity index (χ3v) is 2.33. The van der Waals surface area contributed by atoms with Crippen LogP contribution >= 0.6 is 0 Å². The summed E-state index contributed by atoms with van der Waals surface area (Å²) in [6.07, 6.45) is 0. The van der Waals surface area contributed by atoms with E-state index in [9.17, 15) is 30.3 Å². The Balaban J connectivity index is 5.55. The highest BCUT2D eigenvalue weighted by molar-refractivity contribution is 4.82. The summed E-state index contributed by atoms with van der Waals surface area (Å²) in [5, 5.41) is 31.4. The topological polar surface area (TPSA) is 129 Å². The number of rotatable bonds is 4. The smallest absolute Gasteiger partial charge is 0.263 e. The molecule has 0 unspecified atom stereocenters. The van der Waals surface area contributed by atoms with Gasteiger partial charge in [0.15, 0.2) is 0 Å². The van der Waals surface area contributed by atoms with Crippen LogP contribution in [0.3, 0.4) is 0 Å². The van der Waals surface area contributed by atoms with E-state index < -0.39 is 26.0 Å². The van der Waals surface area contributed by atoms with E-state index in [-0.39, 0.29) is 0 Å². The molecule has 0 aliphatic carbocycles. The van der Waals surface area contributed by atoms with Crippen molar-refractivity contribution >= 4 is 0 Å². The van der Waals surface area contributed by atoms with Gasteiger partial charge in [0.25, 0.3) is 0 Å². The van der Waals surface area contributed by atoms with Crippen molar-refractivity contribution in [3.8, 4) is 0 Å². The number of hydrogen-bond donors (Lipinski definition) is 0. The molecule has 0 aliphatic rings. The van der Waals surface area contributed by atoms with E-state index in [0.29, 0.717) is 6.92 Å². The van der Waals surface area contributed by atoms with Gasteiger partial charge in [-0.3, -0.25) is 30.3 Å². The Labute approximate surface area is 78.2 Å². The predicted octanol–water partition coefficient (Wildman–Crippen LogP) is 0.311. The van der Waals surface area contributed by atoms with Crippen molar-refractivity contribution in [2.24, 2.45) is 0 Å². The van der Waals surface area contributed by atoms with E-state index in [0.717, 1.165) is 13.8 Å². The number of hydrogen-bond acceptors (Lipinski definition) is 6. The van der Waals surface area contributed by atoms with Crippen LogP contribution in [0.15, 0.2) is 0 Å². The monoisotopic (exact) mass is 207 g/mol. The molecule has 0 saturated carbocycles. The lowest BCUT2D eigenvalue weighted by Gasteiger charge is -2.21. The Bertz CT molecular complexity index is 284. The molecule has 0 atom stereocenters. The van der Waals surface area contributed by atoms with Crippen LogP contribution in [0.2, 0.25) is 0 Å². The second-order valence-corrected chi connectivity index (χ2v) is 3.35. The Morgan fingerprint density at radius 1 is 0.786 bits per heavy atom. The lowest BCUT2D eigenvalue weighted by atomic mass is 9.91. The molecule has 80 valence electrons. The highest BCUT2D eigenvalue weighted by Crippen LogP contribution is 2.28. The average Bonchev–Trinajstić information content (AvgIpc) is 2.01. The first-order valence-electron chi connectivity index (χ1n) is 3.52. The Hall–Kier alpha value is -1.80. The third kappa shape index (κ3) is 1.36. The Kier molecular flexibility index (Phi) is 2.75. The first-order valence-corrected chi connectivity index (χ1v) is 3.52. The van der Waals surface area contributed by atoms with Crippen LogP contribution in [0, 0.1) is 30.3 Å². The zero-order valence-corrected chi connectivity index (χ0v) is 7.79. The summed E-state index contributed by atoms with van der Waals surface area (Å²) in [5.41, 5.74) is -5.11. The molecule has 0 aromatic rings. The molecule has 0 saturated heterocycles. The maximum absolute atomic E-state index is 10.5. The zero-order valence-electron chi connectivity index (χ0n) is 7.79. The van der Waals surface area contributed by atoms with Gasteiger partial charge in [-0.15, -0.1) is 0 Å². The fourth-order valence-corrected chi connectivity index (χ4v) is 0.686. The summed E-state index contributed by atoms with van der Waals surface area (Å²) < 4.78 is 0. The third-order valence-electron chi connectivity index (χ3n) is 2.33. The van der Waals surface area contributed by atoms with Crippen molar-refractivity contribution in [2.45, 2.75) is 32.0 Å². The van der Waals surface area contributed by atoms with Crippen molar-refractivity contribution in [3.05, 3.63) is 30.3 Å². The molecule has 0 spiro atoms. The van der Waals surface area contributed by atoms with Gasteiger partial charge in [-0.2, -0.15) is 0 Å². The van der Waals surface area contributed by atoms with Crippen LogP contribution in [0.5, 0.6) is 0 Å². The van der Waals surface area contributed by atoms with Gasteiger partial charge >= 0.3 is 11.2 Å². The summed E-state index contributed by atoms with van der Waals surface area (Å²) in [6.45, 7) is 2.31. The van der Waals surface area contributed by atoms with E-state index in [1.807, 2.05) is 0 Å². The molecule has 9 nitrogen and oxygen atoms in total. The maximum Gasteiger partial charge on any atom is 0.521 e. The largest absolute Gasteiger partial charge is 0.521 e. The minimum absolute atomic E-state index is 0.621. The normalized spacial score (nSPS) is 12.2. The molecule has 0 aromatic carbocycles. The summed E-state index contributed by atoms with van der Waals surface area (Å²) in [6, 6.07) is 0. The lowest BCUT2D eigenvalue weighted by Crippen LogP contribution is -2.62. The van der Waals surface area contributed by atoms with E-state index in [4.69, 9.17) is 0 Å². The van der Waals surface area contributed by atoms with Gasteiger partial charge in [0.2, 0.25) is 0 Å². The quantitative estimate of drug-likeness (QED) is 0.370. The van der Waals surface area contributed by atoms with Crippen LogP contribution in [0.25, 0.3) is 0 Å². The van der Waals surface area contributed by atoms with Crippen LogP contribution in [-0.4, -0.2) is 26.0 Å². The summed E-state index contributed by atoms with van der Waals surface area (Å²) in [4.78, 5) is 27.9. The molecule has 9 heteroatoms. The fourth-order valence-electron chi connectivity index (χ4n) is 0.686. The highest BCUT2D eigenvalue weighted by atomic mass is 16.7. The second-order valence-electron chi connectivity index (χ2n) is 3.35. The van der Waals surface area contributed by atoms with Crippen LogP contribution in [-0.2, 0) is 0 Å². The van der Waals surface area contributed by atoms with Crippen LogP contribution in [0.4, 0.5) is 0 Å². The van der Waals surface area contributed by atoms with Crippen molar-refractivity contribution in [3.63, 3.8) is 0 Å². The molecule has 0 bridgehead atoms. The Morgan fingerprint density at radius 3 is 1.14 bits per heavy atom. The average molecular weight is 207 g/mol. The number of nitrogens with zero attached hydrogens (tertiary/aromatic N) is 3. The first-order chi connectivity index (χ1) is 6.08.